The van der Waals surface area contributed by atoms with Crippen LogP contribution in [0.5, 0.6) is 0 Å². The molecule has 3 aromatic carbocycles. The number of para-hydroxylation sites is 1. The van der Waals surface area contributed by atoms with Gasteiger partial charge in [-0.15, -0.1) is 0 Å². The van der Waals surface area contributed by atoms with Gasteiger partial charge in [0, 0.05) is 39.9 Å². The van der Waals surface area contributed by atoms with E-state index in [1.54, 1.807) is 11.1 Å². The van der Waals surface area contributed by atoms with Gasteiger partial charge in [-0.3, -0.25) is 4.57 Å². The summed E-state index contributed by atoms with van der Waals surface area (Å²) in [6.45, 7) is 2.53. The number of fused-ring (bicyclic) bond motifs is 8. The molecule has 0 amide bonds. The molecule has 0 radical (unpaired) electrons. The second-order valence-corrected chi connectivity index (χ2v) is 15.9. The monoisotopic (exact) mass is 653 g/mol. The molecule has 0 spiro atoms. The summed E-state index contributed by atoms with van der Waals surface area (Å²) in [6.07, 6.45) is 31.2. The third-order valence-corrected chi connectivity index (χ3v) is 13.1. The zero-order valence-corrected chi connectivity index (χ0v) is 29.4. The van der Waals surface area contributed by atoms with Gasteiger partial charge in [-0.05, 0) is 109 Å². The van der Waals surface area contributed by atoms with E-state index in [4.69, 9.17) is 9.97 Å². The summed E-state index contributed by atoms with van der Waals surface area (Å²) >= 11 is 0. The first-order chi connectivity index (χ1) is 24.6. The molecule has 250 valence electrons. The lowest BCUT2D eigenvalue weighted by Crippen LogP contribution is -2.37. The Morgan fingerprint density at radius 3 is 2.58 bits per heavy atom. The second kappa shape index (κ2) is 12.1. The van der Waals surface area contributed by atoms with Crippen molar-refractivity contribution in [3.8, 4) is 5.82 Å². The highest BCUT2D eigenvalue weighted by Gasteiger charge is 2.40. The van der Waals surface area contributed by atoms with Crippen LogP contribution in [0.4, 0.5) is 0 Å². The van der Waals surface area contributed by atoms with Crippen molar-refractivity contribution >= 4 is 33.5 Å². The molecule has 0 N–H and O–H groups in total. The molecule has 50 heavy (non-hydrogen) atoms. The minimum absolute atomic E-state index is 0.268. The predicted molar refractivity (Wildman–Crippen MR) is 208 cm³/mol. The molecule has 0 aliphatic heterocycles. The van der Waals surface area contributed by atoms with E-state index in [9.17, 15) is 0 Å². The van der Waals surface area contributed by atoms with Crippen molar-refractivity contribution in [1.82, 2.24) is 14.5 Å². The average Bonchev–Trinajstić information content (AvgIpc) is 3.53. The van der Waals surface area contributed by atoms with E-state index in [2.05, 4.69) is 115 Å². The Balaban J connectivity index is 1.08. The number of benzene rings is 3. The largest absolute Gasteiger partial charge is 0.294 e. The van der Waals surface area contributed by atoms with E-state index in [-0.39, 0.29) is 5.41 Å². The Morgan fingerprint density at radius 2 is 1.68 bits per heavy atom. The number of nitrogens with zero attached hydrogens (tertiary/aromatic N) is 3. The van der Waals surface area contributed by atoms with Crippen molar-refractivity contribution in [2.75, 3.05) is 0 Å². The second-order valence-electron chi connectivity index (χ2n) is 15.9. The molecular weight excluding hydrogens is 607 g/mol. The van der Waals surface area contributed by atoms with Crippen molar-refractivity contribution in [1.29, 1.82) is 0 Å². The standard InChI is InChI=1S/C47H47N3/c1-47-27-11-10-16-37(47)24-21-31-19-20-35(29-40(31)47)34-22-25-38-36(28-34)23-26-43-45(38)39-17-8-9-18-42(39)50(43)44-30-41(32-12-4-2-5-13-32)48-46(49-44)33-14-6-3-7-15-33/h6,8-10,14-20,22-23,25-26,29-30,32,34,37H,2-5,7,11-13,21,24,27-28H2,1H3. The number of hydrogen-bond donors (Lipinski definition) is 0. The highest BCUT2D eigenvalue weighted by atomic mass is 15.1. The first-order valence-corrected chi connectivity index (χ1v) is 19.4. The highest BCUT2D eigenvalue weighted by Crippen LogP contribution is 2.49. The average molecular weight is 654 g/mol. The zero-order chi connectivity index (χ0) is 33.2. The maximum Gasteiger partial charge on any atom is 0.161 e. The summed E-state index contributed by atoms with van der Waals surface area (Å²) < 4.78 is 2.43. The van der Waals surface area contributed by atoms with Crippen molar-refractivity contribution in [3.63, 3.8) is 0 Å². The molecule has 3 unspecified atom stereocenters. The normalized spacial score (nSPS) is 24.6. The summed E-state index contributed by atoms with van der Waals surface area (Å²) in [6, 6.07) is 23.5. The molecular formula is C47H47N3. The van der Waals surface area contributed by atoms with Gasteiger partial charge in [0.25, 0.3) is 0 Å². The van der Waals surface area contributed by atoms with Crippen LogP contribution in [0.3, 0.4) is 0 Å². The number of hydrogen-bond acceptors (Lipinski definition) is 2. The lowest BCUT2D eigenvalue weighted by Gasteiger charge is -2.44. The predicted octanol–water partition coefficient (Wildman–Crippen LogP) is 11.9. The van der Waals surface area contributed by atoms with Crippen molar-refractivity contribution in [3.05, 3.63) is 136 Å². The van der Waals surface area contributed by atoms with Crippen LogP contribution in [0.1, 0.15) is 122 Å². The van der Waals surface area contributed by atoms with Crippen LogP contribution in [0.25, 0.3) is 39.3 Å². The van der Waals surface area contributed by atoms with Gasteiger partial charge >= 0.3 is 0 Å². The summed E-state index contributed by atoms with van der Waals surface area (Å²) in [5.74, 6) is 3.44. The van der Waals surface area contributed by atoms with Gasteiger partial charge in [0.15, 0.2) is 5.82 Å². The van der Waals surface area contributed by atoms with E-state index < -0.39 is 0 Å². The van der Waals surface area contributed by atoms with Crippen LogP contribution in [-0.2, 0) is 18.3 Å². The number of aromatic nitrogens is 3. The lowest BCUT2D eigenvalue weighted by atomic mass is 9.60. The van der Waals surface area contributed by atoms with Gasteiger partial charge in [0.1, 0.15) is 5.82 Å². The minimum atomic E-state index is 0.268. The van der Waals surface area contributed by atoms with Crippen molar-refractivity contribution < 1.29 is 0 Å². The maximum absolute atomic E-state index is 5.34. The molecule has 1 saturated carbocycles. The molecule has 2 heterocycles. The smallest absolute Gasteiger partial charge is 0.161 e. The van der Waals surface area contributed by atoms with E-state index >= 15 is 0 Å². The molecule has 2 aromatic heterocycles. The third-order valence-electron chi connectivity index (χ3n) is 13.1. The molecule has 1 fully saturated rings. The number of rotatable bonds is 4. The van der Waals surface area contributed by atoms with Gasteiger partial charge in [-0.1, -0.05) is 111 Å². The van der Waals surface area contributed by atoms with Crippen LogP contribution in [0.2, 0.25) is 0 Å². The number of aryl methyl sites for hydroxylation is 1. The molecule has 0 saturated heterocycles. The summed E-state index contributed by atoms with van der Waals surface area (Å²) in [4.78, 5) is 10.6. The van der Waals surface area contributed by atoms with E-state index in [1.807, 2.05) is 0 Å². The summed E-state index contributed by atoms with van der Waals surface area (Å²) in [5, 5.41) is 2.65. The van der Waals surface area contributed by atoms with Crippen LogP contribution < -0.4 is 0 Å². The maximum atomic E-state index is 5.34. The van der Waals surface area contributed by atoms with Crippen LogP contribution in [0, 0.1) is 5.92 Å². The minimum Gasteiger partial charge on any atom is -0.294 e. The number of allylic oxidation sites excluding steroid dienone is 7. The molecule has 0 bridgehead atoms. The Kier molecular flexibility index (Phi) is 7.33. The van der Waals surface area contributed by atoms with Gasteiger partial charge < -0.3 is 0 Å². The first-order valence-electron chi connectivity index (χ1n) is 19.4. The van der Waals surface area contributed by atoms with Gasteiger partial charge in [-0.25, -0.2) is 9.97 Å². The van der Waals surface area contributed by atoms with E-state index in [0.29, 0.717) is 17.8 Å². The van der Waals surface area contributed by atoms with Crippen LogP contribution in [0.15, 0.2) is 97.1 Å². The highest BCUT2D eigenvalue weighted by molar-refractivity contribution is 6.13. The zero-order valence-electron chi connectivity index (χ0n) is 29.4. The Morgan fingerprint density at radius 1 is 0.780 bits per heavy atom. The fraction of sp³-hybridized carbons (Fsp3) is 0.362. The summed E-state index contributed by atoms with van der Waals surface area (Å²) in [7, 11) is 0. The fourth-order valence-corrected chi connectivity index (χ4v) is 10.3. The topological polar surface area (TPSA) is 30.7 Å². The van der Waals surface area contributed by atoms with E-state index in [1.165, 1.54) is 102 Å². The molecule has 3 heteroatoms. The van der Waals surface area contributed by atoms with Crippen molar-refractivity contribution in [2.45, 2.75) is 101 Å². The van der Waals surface area contributed by atoms with Gasteiger partial charge in [0.2, 0.25) is 0 Å². The van der Waals surface area contributed by atoms with Crippen molar-refractivity contribution in [2.24, 2.45) is 5.92 Å². The molecule has 5 aliphatic rings. The molecule has 10 rings (SSSR count). The van der Waals surface area contributed by atoms with Gasteiger partial charge in [0.05, 0.1) is 11.0 Å². The quantitative estimate of drug-likeness (QED) is 0.181. The molecule has 5 aromatic rings. The van der Waals surface area contributed by atoms with Crippen LogP contribution >= 0.6 is 0 Å². The fourth-order valence-electron chi connectivity index (χ4n) is 10.3. The third kappa shape index (κ3) is 4.91. The first kappa shape index (κ1) is 30.3. The SMILES string of the molecule is CC12CCC=CC1CCc1ccc(C3C=Cc4c(ccc5c4c4ccccc4n5-c4cc(C5CCCCC5)nc(C5=CCCC=C5)n4)C3)cc12. The lowest BCUT2D eigenvalue weighted by molar-refractivity contribution is 0.276. The molecule has 5 aliphatic carbocycles. The van der Waals surface area contributed by atoms with Crippen LogP contribution in [-0.4, -0.2) is 14.5 Å². The Bertz CT molecular complexity index is 2270. The van der Waals surface area contributed by atoms with E-state index in [0.717, 1.165) is 36.5 Å². The molecule has 3 nitrogen and oxygen atoms in total. The molecule has 3 atom stereocenters. The summed E-state index contributed by atoms with van der Waals surface area (Å²) in [5.41, 5.74) is 12.6. The Labute approximate surface area is 296 Å². The Hall–Kier alpha value is -4.50. The van der Waals surface area contributed by atoms with Gasteiger partial charge in [-0.2, -0.15) is 0 Å².